The molecule has 0 bridgehead atoms. The van der Waals surface area contributed by atoms with Crippen molar-refractivity contribution in [1.82, 2.24) is 15.2 Å². The Bertz CT molecular complexity index is 905. The molecular weight excluding hydrogens is 374 g/mol. The number of rotatable bonds is 5. The average molecular weight is 392 g/mol. The van der Waals surface area contributed by atoms with Crippen molar-refractivity contribution in [1.29, 1.82) is 0 Å². The Balaban J connectivity index is 1.79. The zero-order chi connectivity index (χ0) is 18.0. The van der Waals surface area contributed by atoms with Crippen LogP contribution in [0.3, 0.4) is 0 Å². The highest BCUT2D eigenvalue weighted by Gasteiger charge is 2.18. The van der Waals surface area contributed by atoms with Gasteiger partial charge < -0.3 is 5.73 Å². The summed E-state index contributed by atoms with van der Waals surface area (Å²) in [6, 6.07) is 5.98. The molecule has 0 saturated heterocycles. The fourth-order valence-corrected chi connectivity index (χ4v) is 4.69. The Morgan fingerprint density at radius 1 is 1.28 bits per heavy atom. The molecule has 0 spiro atoms. The van der Waals surface area contributed by atoms with Crippen LogP contribution in [0, 0.1) is 13.8 Å². The zero-order valence-electron chi connectivity index (χ0n) is 14.0. The van der Waals surface area contributed by atoms with Crippen molar-refractivity contribution < 1.29 is 4.79 Å². The Hall–Kier alpha value is -1.97. The van der Waals surface area contributed by atoms with Crippen molar-refractivity contribution in [3.8, 4) is 0 Å². The molecular formula is C16H17N5OS3. The van der Waals surface area contributed by atoms with Gasteiger partial charge in [-0.3, -0.25) is 9.69 Å². The van der Waals surface area contributed by atoms with E-state index in [-0.39, 0.29) is 5.91 Å². The summed E-state index contributed by atoms with van der Waals surface area (Å²) in [4.78, 5) is 18.4. The van der Waals surface area contributed by atoms with Crippen LogP contribution in [0.15, 0.2) is 27.9 Å². The van der Waals surface area contributed by atoms with Crippen LogP contribution in [0.2, 0.25) is 0 Å². The number of nitrogens with zero attached hydrogens (tertiary/aromatic N) is 4. The number of thioether (sulfide) groups is 1. The van der Waals surface area contributed by atoms with E-state index in [0.717, 1.165) is 21.3 Å². The number of aromatic nitrogens is 3. The van der Waals surface area contributed by atoms with Gasteiger partial charge in [0, 0.05) is 18.1 Å². The number of nitrogens with two attached hydrogens (primary N) is 1. The molecule has 6 nitrogen and oxygen atoms in total. The number of amides is 1. The molecule has 9 heteroatoms. The molecule has 3 aromatic rings. The van der Waals surface area contributed by atoms with Crippen molar-refractivity contribution >= 4 is 56.3 Å². The lowest BCUT2D eigenvalue weighted by Gasteiger charge is -2.19. The van der Waals surface area contributed by atoms with Crippen LogP contribution in [0.25, 0.3) is 0 Å². The maximum Gasteiger partial charge on any atom is 0.230 e. The summed E-state index contributed by atoms with van der Waals surface area (Å²) in [7, 11) is 0. The number of anilines is 3. The van der Waals surface area contributed by atoms with Crippen molar-refractivity contribution in [3.05, 3.63) is 40.4 Å². The van der Waals surface area contributed by atoms with E-state index in [1.54, 1.807) is 11.8 Å². The smallest absolute Gasteiger partial charge is 0.230 e. The summed E-state index contributed by atoms with van der Waals surface area (Å²) >= 11 is 4.34. The number of hydrogen-bond acceptors (Lipinski definition) is 8. The standard InChI is InChI=1S/C16H17N5OS3/c1-9-4-5-13(6-10(9)2)21(11(3)22)15-18-12(7-23-15)8-24-16-20-19-14(17)25-16/h4-7H,8H2,1-3H3,(H2,17,19). The number of aryl methyl sites for hydroxylation is 2. The van der Waals surface area contributed by atoms with Crippen LogP contribution >= 0.6 is 34.4 Å². The molecule has 1 amide bonds. The van der Waals surface area contributed by atoms with Crippen LogP contribution in [0.1, 0.15) is 23.7 Å². The SMILES string of the molecule is CC(=O)N(c1ccc(C)c(C)c1)c1nc(CSc2nnc(N)s2)cs1. The molecule has 25 heavy (non-hydrogen) atoms. The van der Waals surface area contributed by atoms with Gasteiger partial charge in [-0.15, -0.1) is 21.5 Å². The summed E-state index contributed by atoms with van der Waals surface area (Å²) in [6.07, 6.45) is 0. The normalized spacial score (nSPS) is 10.8. The molecule has 0 aliphatic rings. The third kappa shape index (κ3) is 4.17. The molecule has 2 N–H and O–H groups in total. The topological polar surface area (TPSA) is 85.0 Å². The minimum Gasteiger partial charge on any atom is -0.374 e. The van der Waals surface area contributed by atoms with Gasteiger partial charge in [0.05, 0.1) is 11.4 Å². The molecule has 0 atom stereocenters. The first-order valence-electron chi connectivity index (χ1n) is 7.48. The second-order valence-electron chi connectivity index (χ2n) is 5.44. The van der Waals surface area contributed by atoms with Gasteiger partial charge in [0.1, 0.15) is 0 Å². The van der Waals surface area contributed by atoms with Crippen LogP contribution in [0.4, 0.5) is 16.0 Å². The van der Waals surface area contributed by atoms with E-state index in [1.165, 1.54) is 40.0 Å². The third-order valence-electron chi connectivity index (χ3n) is 3.56. The molecule has 0 fully saturated rings. The molecule has 0 aliphatic heterocycles. The van der Waals surface area contributed by atoms with E-state index in [1.807, 2.05) is 30.5 Å². The Labute approximate surface area is 158 Å². The first kappa shape index (κ1) is 17.8. The fraction of sp³-hybridized carbons (Fsp3) is 0.250. The van der Waals surface area contributed by atoms with Crippen LogP contribution < -0.4 is 10.6 Å². The van der Waals surface area contributed by atoms with Gasteiger partial charge >= 0.3 is 0 Å². The Morgan fingerprint density at radius 2 is 2.08 bits per heavy atom. The van der Waals surface area contributed by atoms with Gasteiger partial charge in [-0.05, 0) is 37.1 Å². The average Bonchev–Trinajstić information content (AvgIpc) is 3.18. The summed E-state index contributed by atoms with van der Waals surface area (Å²) in [5.41, 5.74) is 9.65. The van der Waals surface area contributed by atoms with E-state index in [2.05, 4.69) is 22.1 Å². The van der Waals surface area contributed by atoms with E-state index >= 15 is 0 Å². The summed E-state index contributed by atoms with van der Waals surface area (Å²) in [5, 5.41) is 10.9. The highest BCUT2D eigenvalue weighted by Crippen LogP contribution is 2.32. The van der Waals surface area contributed by atoms with Gasteiger partial charge in [-0.25, -0.2) is 4.98 Å². The van der Waals surface area contributed by atoms with Gasteiger partial charge in [0.15, 0.2) is 9.47 Å². The third-order valence-corrected chi connectivity index (χ3v) is 6.35. The second-order valence-corrected chi connectivity index (χ2v) is 8.51. The second kappa shape index (κ2) is 7.51. The van der Waals surface area contributed by atoms with E-state index in [0.29, 0.717) is 16.0 Å². The number of nitrogen functional groups attached to an aromatic ring is 1. The van der Waals surface area contributed by atoms with Crippen molar-refractivity contribution in [2.75, 3.05) is 10.6 Å². The monoisotopic (exact) mass is 391 g/mol. The van der Waals surface area contributed by atoms with Crippen molar-refractivity contribution in [2.45, 2.75) is 30.9 Å². The largest absolute Gasteiger partial charge is 0.374 e. The minimum absolute atomic E-state index is 0.0614. The molecule has 2 heterocycles. The van der Waals surface area contributed by atoms with Gasteiger partial charge in [0.2, 0.25) is 11.0 Å². The van der Waals surface area contributed by atoms with Gasteiger partial charge in [-0.1, -0.05) is 29.2 Å². The number of carbonyl (C=O) groups excluding carboxylic acids is 1. The molecule has 3 rings (SSSR count). The Morgan fingerprint density at radius 3 is 2.72 bits per heavy atom. The molecule has 130 valence electrons. The zero-order valence-corrected chi connectivity index (χ0v) is 16.5. The first-order valence-corrected chi connectivity index (χ1v) is 10.2. The van der Waals surface area contributed by atoms with Crippen molar-refractivity contribution in [3.63, 3.8) is 0 Å². The molecule has 2 aromatic heterocycles. The molecule has 0 radical (unpaired) electrons. The minimum atomic E-state index is -0.0614. The van der Waals surface area contributed by atoms with Crippen LogP contribution in [-0.2, 0) is 10.5 Å². The predicted octanol–water partition coefficient (Wildman–Crippen LogP) is 4.17. The van der Waals surface area contributed by atoms with E-state index in [4.69, 9.17) is 5.73 Å². The number of carbonyl (C=O) groups is 1. The van der Waals surface area contributed by atoms with Crippen LogP contribution in [0.5, 0.6) is 0 Å². The lowest BCUT2D eigenvalue weighted by Crippen LogP contribution is -2.22. The highest BCUT2D eigenvalue weighted by atomic mass is 32.2. The molecule has 0 unspecified atom stereocenters. The Kier molecular flexibility index (Phi) is 5.36. The molecule has 1 aromatic carbocycles. The number of hydrogen-bond donors (Lipinski definition) is 1. The fourth-order valence-electron chi connectivity index (χ4n) is 2.17. The lowest BCUT2D eigenvalue weighted by molar-refractivity contribution is -0.115. The maximum atomic E-state index is 12.2. The molecule has 0 saturated carbocycles. The predicted molar refractivity (Wildman–Crippen MR) is 105 cm³/mol. The van der Waals surface area contributed by atoms with Gasteiger partial charge in [-0.2, -0.15) is 0 Å². The lowest BCUT2D eigenvalue weighted by atomic mass is 10.1. The van der Waals surface area contributed by atoms with Crippen LogP contribution in [-0.4, -0.2) is 21.1 Å². The number of benzene rings is 1. The molecule has 0 aliphatic carbocycles. The van der Waals surface area contributed by atoms with Gasteiger partial charge in [0.25, 0.3) is 0 Å². The highest BCUT2D eigenvalue weighted by molar-refractivity contribution is 8.00. The summed E-state index contributed by atoms with van der Waals surface area (Å²) in [6.45, 7) is 5.64. The summed E-state index contributed by atoms with van der Waals surface area (Å²) < 4.78 is 0.810. The van der Waals surface area contributed by atoms with E-state index < -0.39 is 0 Å². The first-order chi connectivity index (χ1) is 11.9. The number of thiazole rings is 1. The maximum absolute atomic E-state index is 12.2. The van der Waals surface area contributed by atoms with E-state index in [9.17, 15) is 4.79 Å². The summed E-state index contributed by atoms with van der Waals surface area (Å²) in [5.74, 6) is 0.595. The quantitative estimate of drug-likeness (QED) is 0.657. The van der Waals surface area contributed by atoms with Crippen molar-refractivity contribution in [2.24, 2.45) is 0 Å².